The van der Waals surface area contributed by atoms with Crippen molar-refractivity contribution in [3.05, 3.63) is 28.8 Å². The van der Waals surface area contributed by atoms with Crippen LogP contribution in [0.1, 0.15) is 70.6 Å². The fourth-order valence-corrected chi connectivity index (χ4v) is 2.71. The Hall–Kier alpha value is -1.35. The third kappa shape index (κ3) is 3.13. The van der Waals surface area contributed by atoms with Crippen molar-refractivity contribution in [2.75, 3.05) is 0 Å². The van der Waals surface area contributed by atoms with Crippen molar-refractivity contribution in [3.63, 3.8) is 0 Å². The van der Waals surface area contributed by atoms with Gasteiger partial charge in [0.25, 0.3) is 0 Å². The lowest BCUT2D eigenvalue weighted by molar-refractivity contribution is -0.112. The van der Waals surface area contributed by atoms with Gasteiger partial charge in [0, 0.05) is 23.5 Å². The first-order valence-corrected chi connectivity index (χ1v) is 7.53. The SMILES string of the molecule is CC(C)(C)c1cc2c(c(C(C)(C)C)c1)OC(O)CC2C=O. The Morgan fingerprint density at radius 3 is 2.24 bits per heavy atom. The van der Waals surface area contributed by atoms with Crippen LogP contribution in [0.15, 0.2) is 12.1 Å². The fraction of sp³-hybridized carbons (Fsp3) is 0.611. The van der Waals surface area contributed by atoms with E-state index in [0.717, 1.165) is 17.4 Å². The Balaban J connectivity index is 2.73. The summed E-state index contributed by atoms with van der Waals surface area (Å²) in [7, 11) is 0. The first-order valence-electron chi connectivity index (χ1n) is 7.53. The minimum atomic E-state index is -0.908. The summed E-state index contributed by atoms with van der Waals surface area (Å²) in [5.41, 5.74) is 3.04. The van der Waals surface area contributed by atoms with Gasteiger partial charge in [-0.25, -0.2) is 0 Å². The van der Waals surface area contributed by atoms with Gasteiger partial charge in [-0.3, -0.25) is 0 Å². The van der Waals surface area contributed by atoms with Crippen LogP contribution >= 0.6 is 0 Å². The number of rotatable bonds is 1. The molecule has 2 rings (SSSR count). The second-order valence-corrected chi connectivity index (χ2v) is 7.99. The van der Waals surface area contributed by atoms with E-state index >= 15 is 0 Å². The highest BCUT2D eigenvalue weighted by Crippen LogP contribution is 2.44. The zero-order valence-corrected chi connectivity index (χ0v) is 13.9. The average molecular weight is 290 g/mol. The van der Waals surface area contributed by atoms with Gasteiger partial charge in [0.1, 0.15) is 12.0 Å². The summed E-state index contributed by atoms with van der Waals surface area (Å²) in [6.45, 7) is 12.8. The largest absolute Gasteiger partial charge is 0.465 e. The molecule has 3 nitrogen and oxygen atoms in total. The van der Waals surface area contributed by atoms with Crippen molar-refractivity contribution in [3.8, 4) is 5.75 Å². The summed E-state index contributed by atoms with van der Waals surface area (Å²) in [4.78, 5) is 11.4. The summed E-state index contributed by atoms with van der Waals surface area (Å²) in [6, 6.07) is 4.22. The van der Waals surface area contributed by atoms with Crippen LogP contribution in [0.2, 0.25) is 0 Å². The highest BCUT2D eigenvalue weighted by Gasteiger charge is 2.33. The first-order chi connectivity index (χ1) is 9.54. The van der Waals surface area contributed by atoms with Crippen molar-refractivity contribution in [1.82, 2.24) is 0 Å². The Labute approximate surface area is 127 Å². The molecule has 3 heteroatoms. The molecule has 0 bridgehead atoms. The maximum atomic E-state index is 11.4. The van der Waals surface area contributed by atoms with Gasteiger partial charge in [0.05, 0.1) is 0 Å². The molecule has 0 aliphatic carbocycles. The van der Waals surface area contributed by atoms with E-state index in [0.29, 0.717) is 12.2 Å². The van der Waals surface area contributed by atoms with Gasteiger partial charge in [-0.05, 0) is 16.4 Å². The van der Waals surface area contributed by atoms with E-state index in [9.17, 15) is 9.90 Å². The van der Waals surface area contributed by atoms with Crippen LogP contribution in [0.5, 0.6) is 5.75 Å². The lowest BCUT2D eigenvalue weighted by atomic mass is 9.76. The van der Waals surface area contributed by atoms with Crippen LogP contribution in [-0.4, -0.2) is 17.7 Å². The van der Waals surface area contributed by atoms with Crippen LogP contribution in [0.3, 0.4) is 0 Å². The molecular weight excluding hydrogens is 264 g/mol. The van der Waals surface area contributed by atoms with Crippen LogP contribution < -0.4 is 4.74 Å². The predicted molar refractivity (Wildman–Crippen MR) is 83.9 cm³/mol. The molecule has 2 unspecified atom stereocenters. The van der Waals surface area contributed by atoms with E-state index in [2.05, 4.69) is 53.7 Å². The molecule has 116 valence electrons. The standard InChI is InChI=1S/C18H26O3/c1-17(2,3)12-8-13-11(10-19)7-15(20)21-16(13)14(9-12)18(4,5)6/h8-11,15,20H,7H2,1-6H3. The molecule has 0 saturated heterocycles. The molecule has 0 fully saturated rings. The molecule has 0 saturated carbocycles. The molecule has 0 aromatic heterocycles. The predicted octanol–water partition coefficient (Wildman–Crippen LogP) is 3.67. The van der Waals surface area contributed by atoms with Crippen molar-refractivity contribution in [1.29, 1.82) is 0 Å². The van der Waals surface area contributed by atoms with Gasteiger partial charge in [0.2, 0.25) is 0 Å². The molecular formula is C18H26O3. The number of aliphatic hydroxyl groups is 1. The first kappa shape index (κ1) is 16.0. The lowest BCUT2D eigenvalue weighted by Gasteiger charge is -2.34. The number of carbonyl (C=O) groups excluding carboxylic acids is 1. The third-order valence-corrected chi connectivity index (χ3v) is 4.06. The molecule has 1 aliphatic rings. The van der Waals surface area contributed by atoms with E-state index in [1.54, 1.807) is 0 Å². The highest BCUT2D eigenvalue weighted by molar-refractivity contribution is 5.67. The monoisotopic (exact) mass is 290 g/mol. The Morgan fingerprint density at radius 1 is 1.14 bits per heavy atom. The van der Waals surface area contributed by atoms with Crippen LogP contribution in [0.4, 0.5) is 0 Å². The van der Waals surface area contributed by atoms with Crippen LogP contribution in [0.25, 0.3) is 0 Å². The summed E-state index contributed by atoms with van der Waals surface area (Å²) < 4.78 is 5.69. The van der Waals surface area contributed by atoms with Gasteiger partial charge in [-0.1, -0.05) is 53.7 Å². The molecule has 0 radical (unpaired) electrons. The number of aldehydes is 1. The molecule has 1 aromatic carbocycles. The molecule has 1 aromatic rings. The number of fused-ring (bicyclic) bond motifs is 1. The van der Waals surface area contributed by atoms with E-state index in [-0.39, 0.29) is 16.7 Å². The van der Waals surface area contributed by atoms with Gasteiger partial charge >= 0.3 is 0 Å². The number of hydrogen-bond acceptors (Lipinski definition) is 3. The fourth-order valence-electron chi connectivity index (χ4n) is 2.71. The molecule has 2 atom stereocenters. The highest BCUT2D eigenvalue weighted by atomic mass is 16.6. The van der Waals surface area contributed by atoms with Crippen LogP contribution in [-0.2, 0) is 15.6 Å². The van der Waals surface area contributed by atoms with E-state index in [1.807, 2.05) is 0 Å². The van der Waals surface area contributed by atoms with E-state index < -0.39 is 6.29 Å². The smallest absolute Gasteiger partial charge is 0.198 e. The van der Waals surface area contributed by atoms with Gasteiger partial charge in [-0.15, -0.1) is 0 Å². The van der Waals surface area contributed by atoms with Crippen molar-refractivity contribution in [2.24, 2.45) is 0 Å². The topological polar surface area (TPSA) is 46.5 Å². The third-order valence-electron chi connectivity index (χ3n) is 4.06. The number of carbonyl (C=O) groups is 1. The maximum Gasteiger partial charge on any atom is 0.198 e. The molecule has 0 amide bonds. The van der Waals surface area contributed by atoms with Crippen molar-refractivity contribution in [2.45, 2.75) is 71.0 Å². The normalized spacial score (nSPS) is 22.4. The van der Waals surface area contributed by atoms with Crippen molar-refractivity contribution >= 4 is 6.29 Å². The number of benzene rings is 1. The Morgan fingerprint density at radius 2 is 1.76 bits per heavy atom. The summed E-state index contributed by atoms with van der Waals surface area (Å²) >= 11 is 0. The summed E-state index contributed by atoms with van der Waals surface area (Å²) in [5, 5.41) is 9.90. The number of hydrogen-bond donors (Lipinski definition) is 1. The van der Waals surface area contributed by atoms with E-state index in [4.69, 9.17) is 4.74 Å². The van der Waals surface area contributed by atoms with E-state index in [1.165, 1.54) is 5.56 Å². The van der Waals surface area contributed by atoms with Gasteiger partial charge in [0.15, 0.2) is 6.29 Å². The second-order valence-electron chi connectivity index (χ2n) is 7.99. The number of aliphatic hydroxyl groups excluding tert-OH is 1. The Kier molecular flexibility index (Phi) is 3.92. The molecule has 1 heterocycles. The average Bonchev–Trinajstić information content (AvgIpc) is 2.34. The quantitative estimate of drug-likeness (QED) is 0.803. The Bertz CT molecular complexity index is 547. The van der Waals surface area contributed by atoms with Crippen molar-refractivity contribution < 1.29 is 14.6 Å². The van der Waals surface area contributed by atoms with Gasteiger partial charge < -0.3 is 14.6 Å². The summed E-state index contributed by atoms with van der Waals surface area (Å²) in [6.07, 6.45) is 0.339. The molecule has 21 heavy (non-hydrogen) atoms. The van der Waals surface area contributed by atoms with Gasteiger partial charge in [-0.2, -0.15) is 0 Å². The van der Waals surface area contributed by atoms with Crippen LogP contribution in [0, 0.1) is 0 Å². The molecule has 1 N–H and O–H groups in total. The minimum Gasteiger partial charge on any atom is -0.465 e. The number of ether oxygens (including phenoxy) is 1. The second kappa shape index (κ2) is 5.13. The maximum absolute atomic E-state index is 11.4. The molecule has 1 aliphatic heterocycles. The summed E-state index contributed by atoms with van der Waals surface area (Å²) in [5.74, 6) is 0.387. The molecule has 0 spiro atoms. The minimum absolute atomic E-state index is 0.00146. The lowest BCUT2D eigenvalue weighted by Crippen LogP contribution is -2.29. The zero-order chi connectivity index (χ0) is 16.0. The zero-order valence-electron chi connectivity index (χ0n) is 13.9.